The highest BCUT2D eigenvalue weighted by Gasteiger charge is 2.22. The number of nitriles is 1. The molecule has 0 N–H and O–H groups in total. The van der Waals surface area contributed by atoms with Crippen molar-refractivity contribution in [3.63, 3.8) is 0 Å². The number of aryl methyl sites for hydroxylation is 4. The predicted molar refractivity (Wildman–Crippen MR) is 188 cm³/mol. The van der Waals surface area contributed by atoms with Crippen molar-refractivity contribution in [3.05, 3.63) is 119 Å². The summed E-state index contributed by atoms with van der Waals surface area (Å²) in [5.41, 5.74) is 7.03. The summed E-state index contributed by atoms with van der Waals surface area (Å²) >= 11 is 1.85. The largest absolute Gasteiger partial charge is 0.368 e. The van der Waals surface area contributed by atoms with Crippen molar-refractivity contribution in [2.75, 3.05) is 37.6 Å². The number of para-hydroxylation sites is 1. The molecule has 0 radical (unpaired) electrons. The normalized spacial score (nSPS) is 14.1. The van der Waals surface area contributed by atoms with Crippen LogP contribution in [0.15, 0.2) is 106 Å². The third kappa shape index (κ3) is 6.87. The number of rotatable bonds is 10. The molecule has 0 amide bonds. The zero-order chi connectivity index (χ0) is 32.3. The van der Waals surface area contributed by atoms with Gasteiger partial charge in [0.1, 0.15) is 0 Å². The summed E-state index contributed by atoms with van der Waals surface area (Å²) < 4.78 is 28.6. The van der Waals surface area contributed by atoms with Gasteiger partial charge in [0.25, 0.3) is 10.0 Å². The van der Waals surface area contributed by atoms with Crippen LogP contribution in [0, 0.1) is 32.1 Å². The van der Waals surface area contributed by atoms with E-state index in [4.69, 9.17) is 0 Å². The zero-order valence-corrected chi connectivity index (χ0v) is 28.4. The molecule has 1 aliphatic rings. The molecule has 0 unspecified atom stereocenters. The minimum absolute atomic E-state index is 0.261. The molecule has 0 bridgehead atoms. The second kappa shape index (κ2) is 13.8. The summed E-state index contributed by atoms with van der Waals surface area (Å²) in [5.74, 6) is 0. The molecule has 0 atom stereocenters. The summed E-state index contributed by atoms with van der Waals surface area (Å²) in [7, 11) is -3.76. The van der Waals surface area contributed by atoms with Gasteiger partial charge in [-0.2, -0.15) is 5.26 Å². The Labute approximate surface area is 277 Å². The van der Waals surface area contributed by atoms with Crippen molar-refractivity contribution in [2.24, 2.45) is 0 Å². The van der Waals surface area contributed by atoms with Crippen LogP contribution in [0.3, 0.4) is 0 Å². The fraction of sp³-hybridized carbons (Fsp3) is 0.289. The number of unbranched alkanes of at least 4 members (excludes halogenated alkanes) is 1. The van der Waals surface area contributed by atoms with E-state index in [2.05, 4.69) is 72.2 Å². The highest BCUT2D eigenvalue weighted by molar-refractivity contribution is 7.99. The van der Waals surface area contributed by atoms with Gasteiger partial charge in [-0.1, -0.05) is 59.3 Å². The molecular formula is C38H40N4O2S2. The van der Waals surface area contributed by atoms with Crippen molar-refractivity contribution in [1.29, 1.82) is 5.26 Å². The van der Waals surface area contributed by atoms with Crippen LogP contribution in [0.1, 0.15) is 40.7 Å². The van der Waals surface area contributed by atoms with Crippen LogP contribution >= 0.6 is 11.8 Å². The van der Waals surface area contributed by atoms with Gasteiger partial charge in [0, 0.05) is 47.6 Å². The molecule has 0 spiro atoms. The fourth-order valence-electron chi connectivity index (χ4n) is 6.26. The van der Waals surface area contributed by atoms with Gasteiger partial charge in [0.15, 0.2) is 0 Å². The highest BCUT2D eigenvalue weighted by Crippen LogP contribution is 2.37. The van der Waals surface area contributed by atoms with Crippen LogP contribution < -0.4 is 4.90 Å². The molecule has 0 saturated carbocycles. The van der Waals surface area contributed by atoms with Crippen LogP contribution in [-0.2, 0) is 16.4 Å². The van der Waals surface area contributed by atoms with E-state index < -0.39 is 10.0 Å². The fourth-order valence-corrected chi connectivity index (χ4v) is 8.69. The van der Waals surface area contributed by atoms with Gasteiger partial charge in [-0.25, -0.2) is 12.4 Å². The molecule has 236 valence electrons. The second-order valence-electron chi connectivity index (χ2n) is 12.2. The number of hydrogen-bond acceptors (Lipinski definition) is 6. The molecule has 6 nitrogen and oxygen atoms in total. The molecule has 1 fully saturated rings. The third-order valence-corrected chi connectivity index (χ3v) is 11.8. The number of nitrogens with zero attached hydrogens (tertiary/aromatic N) is 4. The Morgan fingerprint density at radius 1 is 0.804 bits per heavy atom. The molecule has 46 heavy (non-hydrogen) atoms. The summed E-state index contributed by atoms with van der Waals surface area (Å²) in [6.07, 6.45) is 4.47. The zero-order valence-electron chi connectivity index (χ0n) is 26.7. The number of anilines is 1. The Morgan fingerprint density at radius 3 is 2.28 bits per heavy atom. The Balaban J connectivity index is 1.08. The molecule has 4 aromatic carbocycles. The van der Waals surface area contributed by atoms with E-state index in [0.717, 1.165) is 68.5 Å². The lowest BCUT2D eigenvalue weighted by Crippen LogP contribution is -2.46. The minimum Gasteiger partial charge on any atom is -0.368 e. The smallest absolute Gasteiger partial charge is 0.268 e. The summed E-state index contributed by atoms with van der Waals surface area (Å²) in [4.78, 5) is 7.91. The first-order chi connectivity index (χ1) is 22.2. The van der Waals surface area contributed by atoms with Gasteiger partial charge < -0.3 is 4.90 Å². The standard InChI is InChI=1S/C38H40N4O2S2/c1-28-11-15-33(16-12-28)46(43,44)42-27-32(34-25-31(26-39)14-17-35(34)42)8-6-7-19-40-20-22-41(23-21-40)36-9-4-5-10-38(36)45-37-18-13-29(2)24-30(37)3/h4-5,9-18,24-25,27H,6-8,19-23H2,1-3H3. The molecule has 5 aromatic rings. The highest BCUT2D eigenvalue weighted by atomic mass is 32.2. The number of aromatic nitrogens is 1. The number of hydrogen-bond donors (Lipinski definition) is 0. The molecule has 1 aliphatic heterocycles. The summed E-state index contributed by atoms with van der Waals surface area (Å²) in [5, 5.41) is 10.4. The molecule has 0 aliphatic carbocycles. The molecule has 6 rings (SSSR count). The average molecular weight is 649 g/mol. The molecule has 1 saturated heterocycles. The molecule has 8 heteroatoms. The molecule has 2 heterocycles. The van der Waals surface area contributed by atoms with E-state index in [1.165, 1.54) is 30.6 Å². The van der Waals surface area contributed by atoms with Crippen LogP contribution in [0.4, 0.5) is 5.69 Å². The van der Waals surface area contributed by atoms with E-state index in [9.17, 15) is 13.7 Å². The van der Waals surface area contributed by atoms with Crippen LogP contribution in [-0.4, -0.2) is 50.0 Å². The van der Waals surface area contributed by atoms with E-state index in [0.29, 0.717) is 11.1 Å². The van der Waals surface area contributed by atoms with Crippen molar-refractivity contribution in [3.8, 4) is 6.07 Å². The van der Waals surface area contributed by atoms with Gasteiger partial charge in [-0.15, -0.1) is 0 Å². The topological polar surface area (TPSA) is 69.3 Å². The lowest BCUT2D eigenvalue weighted by molar-refractivity contribution is 0.252. The van der Waals surface area contributed by atoms with Gasteiger partial charge in [0.05, 0.1) is 27.7 Å². The van der Waals surface area contributed by atoms with Crippen LogP contribution in [0.5, 0.6) is 0 Å². The second-order valence-corrected chi connectivity index (χ2v) is 15.1. The lowest BCUT2D eigenvalue weighted by atomic mass is 10.1. The van der Waals surface area contributed by atoms with Crippen LogP contribution in [0.2, 0.25) is 0 Å². The lowest BCUT2D eigenvalue weighted by Gasteiger charge is -2.37. The van der Waals surface area contributed by atoms with E-state index in [1.807, 2.05) is 36.9 Å². The Bertz CT molecular complexity index is 2000. The summed E-state index contributed by atoms with van der Waals surface area (Å²) in [6.45, 7) is 11.3. The van der Waals surface area contributed by atoms with Gasteiger partial charge in [0.2, 0.25) is 0 Å². The van der Waals surface area contributed by atoms with Gasteiger partial charge in [-0.3, -0.25) is 4.90 Å². The first kappa shape index (κ1) is 31.9. The Kier molecular flexibility index (Phi) is 9.55. The Hall–Kier alpha value is -4.03. The monoisotopic (exact) mass is 648 g/mol. The van der Waals surface area contributed by atoms with E-state index in [1.54, 1.807) is 30.5 Å². The van der Waals surface area contributed by atoms with Crippen molar-refractivity contribution < 1.29 is 8.42 Å². The van der Waals surface area contributed by atoms with Crippen molar-refractivity contribution >= 4 is 38.4 Å². The van der Waals surface area contributed by atoms with Crippen molar-refractivity contribution in [1.82, 2.24) is 8.87 Å². The maximum Gasteiger partial charge on any atom is 0.268 e. The third-order valence-electron chi connectivity index (χ3n) is 8.86. The van der Waals surface area contributed by atoms with Crippen LogP contribution in [0.25, 0.3) is 10.9 Å². The average Bonchev–Trinajstić information content (AvgIpc) is 3.43. The number of benzene rings is 4. The summed E-state index contributed by atoms with van der Waals surface area (Å²) in [6, 6.07) is 29.8. The molecule has 1 aromatic heterocycles. The first-order valence-corrected chi connectivity index (χ1v) is 18.2. The van der Waals surface area contributed by atoms with E-state index in [-0.39, 0.29) is 4.90 Å². The van der Waals surface area contributed by atoms with Gasteiger partial charge >= 0.3 is 0 Å². The Morgan fingerprint density at radius 2 is 1.54 bits per heavy atom. The quantitative estimate of drug-likeness (QED) is 0.143. The van der Waals surface area contributed by atoms with E-state index >= 15 is 0 Å². The number of fused-ring (bicyclic) bond motifs is 1. The van der Waals surface area contributed by atoms with Gasteiger partial charge in [-0.05, 0) is 106 Å². The minimum atomic E-state index is -3.76. The first-order valence-electron chi connectivity index (χ1n) is 15.9. The predicted octanol–water partition coefficient (Wildman–Crippen LogP) is 7.97. The molecular weight excluding hydrogens is 609 g/mol. The maximum atomic E-state index is 13.6. The van der Waals surface area contributed by atoms with Crippen molar-refractivity contribution in [2.45, 2.75) is 54.7 Å². The number of piperazine rings is 1. The SMILES string of the molecule is Cc1ccc(S(=O)(=O)n2cc(CCCCN3CCN(c4ccccc4Sc4ccc(C)cc4C)CC3)c3cc(C#N)ccc32)cc1. The maximum absolute atomic E-state index is 13.6.